The van der Waals surface area contributed by atoms with Crippen LogP contribution in [0.3, 0.4) is 0 Å². The minimum atomic E-state index is -0.330. The topological polar surface area (TPSA) is 47.1 Å². The summed E-state index contributed by atoms with van der Waals surface area (Å²) < 4.78 is 11.5. The number of nitrogens with zero attached hydrogens (tertiary/aromatic N) is 1. The van der Waals surface area contributed by atoms with Crippen LogP contribution in [0, 0.1) is 5.41 Å². The van der Waals surface area contributed by atoms with E-state index in [0.29, 0.717) is 13.2 Å². The molecule has 0 radical (unpaired) electrons. The van der Waals surface area contributed by atoms with Gasteiger partial charge >= 0.3 is 0 Å². The van der Waals surface area contributed by atoms with Gasteiger partial charge in [0.1, 0.15) is 5.82 Å². The predicted molar refractivity (Wildman–Crippen MR) is 108 cm³/mol. The Morgan fingerprint density at radius 2 is 1.52 bits per heavy atom. The molecule has 0 bridgehead atoms. The second kappa shape index (κ2) is 7.51. The van der Waals surface area contributed by atoms with Crippen LogP contribution >= 0.6 is 0 Å². The number of aromatic amines is 1. The molecule has 4 rings (SSSR count). The summed E-state index contributed by atoms with van der Waals surface area (Å²) in [4.78, 5) is 8.26. The van der Waals surface area contributed by atoms with Crippen molar-refractivity contribution in [3.8, 4) is 22.5 Å². The number of hydrogen-bond acceptors (Lipinski definition) is 3. The average molecular weight is 360 g/mol. The smallest absolute Gasteiger partial charge is 0.177 e. The molecule has 0 saturated carbocycles. The van der Waals surface area contributed by atoms with Gasteiger partial charge in [0.05, 0.1) is 24.6 Å². The summed E-state index contributed by atoms with van der Waals surface area (Å²) in [5.74, 6) is 0.782. The standard InChI is InChI=1S/C23H24N2O2/c1-23(2)15-26-20(27-16-23)14-13-19-24-21(17-9-5-3-6-10-17)22(25-19)18-11-7-4-8-12-18/h3-14,20H,15-16H2,1-2H3,(H,24,25)/b14-13+. The van der Waals surface area contributed by atoms with Crippen molar-refractivity contribution in [2.75, 3.05) is 13.2 Å². The van der Waals surface area contributed by atoms with Crippen molar-refractivity contribution in [2.45, 2.75) is 20.1 Å². The van der Waals surface area contributed by atoms with E-state index in [2.05, 4.69) is 43.1 Å². The Bertz CT molecular complexity index is 847. The fourth-order valence-corrected chi connectivity index (χ4v) is 3.08. The number of hydrogen-bond donors (Lipinski definition) is 1. The third-order valence-corrected chi connectivity index (χ3v) is 4.52. The van der Waals surface area contributed by atoms with Crippen molar-refractivity contribution in [3.05, 3.63) is 72.6 Å². The number of ether oxygens (including phenoxy) is 2. The molecule has 1 aliphatic heterocycles. The quantitative estimate of drug-likeness (QED) is 0.699. The Balaban J connectivity index is 1.63. The lowest BCUT2D eigenvalue weighted by Crippen LogP contribution is -2.36. The minimum absolute atomic E-state index is 0.0655. The van der Waals surface area contributed by atoms with Crippen LogP contribution in [-0.4, -0.2) is 29.5 Å². The molecule has 0 amide bonds. The molecule has 1 aromatic heterocycles. The summed E-state index contributed by atoms with van der Waals surface area (Å²) >= 11 is 0. The number of imidazole rings is 1. The fourth-order valence-electron chi connectivity index (χ4n) is 3.08. The molecule has 1 N–H and O–H groups in total. The van der Waals surface area contributed by atoms with Crippen LogP contribution in [0.2, 0.25) is 0 Å². The molecule has 1 saturated heterocycles. The van der Waals surface area contributed by atoms with Crippen LogP contribution in [-0.2, 0) is 9.47 Å². The molecule has 4 heteroatoms. The summed E-state index contributed by atoms with van der Waals surface area (Å²) in [6.45, 7) is 5.64. The van der Waals surface area contributed by atoms with Gasteiger partial charge in [0.2, 0.25) is 0 Å². The maximum Gasteiger partial charge on any atom is 0.177 e. The zero-order chi connectivity index (χ0) is 18.7. The van der Waals surface area contributed by atoms with Crippen LogP contribution in [0.4, 0.5) is 0 Å². The van der Waals surface area contributed by atoms with Crippen molar-refractivity contribution < 1.29 is 9.47 Å². The zero-order valence-electron chi connectivity index (χ0n) is 15.7. The third kappa shape index (κ3) is 4.18. The first-order valence-electron chi connectivity index (χ1n) is 9.23. The number of benzene rings is 2. The van der Waals surface area contributed by atoms with Crippen molar-refractivity contribution in [1.29, 1.82) is 0 Å². The van der Waals surface area contributed by atoms with Gasteiger partial charge in [0, 0.05) is 16.5 Å². The number of H-pyrrole nitrogens is 1. The number of aromatic nitrogens is 2. The second-order valence-electron chi connectivity index (χ2n) is 7.59. The maximum atomic E-state index is 5.77. The Morgan fingerprint density at radius 3 is 2.15 bits per heavy atom. The second-order valence-corrected chi connectivity index (χ2v) is 7.59. The van der Waals surface area contributed by atoms with Crippen molar-refractivity contribution in [2.24, 2.45) is 5.41 Å². The molecule has 138 valence electrons. The SMILES string of the molecule is CC1(C)COC(/C=C/c2nc(-c3ccccc3)c(-c3ccccc3)[nH]2)OC1. The van der Waals surface area contributed by atoms with Crippen LogP contribution in [0.5, 0.6) is 0 Å². The molecule has 0 unspecified atom stereocenters. The van der Waals surface area contributed by atoms with Crippen molar-refractivity contribution >= 4 is 6.08 Å². The first kappa shape index (κ1) is 17.7. The fraction of sp³-hybridized carbons (Fsp3) is 0.261. The highest BCUT2D eigenvalue weighted by atomic mass is 16.7. The van der Waals surface area contributed by atoms with Gasteiger partial charge in [-0.3, -0.25) is 0 Å². The van der Waals surface area contributed by atoms with Gasteiger partial charge in [0.15, 0.2) is 6.29 Å². The van der Waals surface area contributed by atoms with E-state index in [0.717, 1.165) is 28.3 Å². The van der Waals surface area contributed by atoms with Gasteiger partial charge in [-0.15, -0.1) is 0 Å². The zero-order valence-corrected chi connectivity index (χ0v) is 15.7. The Hall–Kier alpha value is -2.69. The molecule has 27 heavy (non-hydrogen) atoms. The Labute approximate surface area is 159 Å². The van der Waals surface area contributed by atoms with E-state index in [9.17, 15) is 0 Å². The van der Waals surface area contributed by atoms with Gasteiger partial charge in [-0.1, -0.05) is 74.5 Å². The molecule has 3 aromatic rings. The van der Waals surface area contributed by atoms with Crippen molar-refractivity contribution in [1.82, 2.24) is 9.97 Å². The molecule has 2 aromatic carbocycles. The largest absolute Gasteiger partial charge is 0.348 e. The normalized spacial score (nSPS) is 17.4. The average Bonchev–Trinajstić information content (AvgIpc) is 3.13. The third-order valence-electron chi connectivity index (χ3n) is 4.52. The van der Waals surface area contributed by atoms with Crippen LogP contribution in [0.1, 0.15) is 19.7 Å². The highest BCUT2D eigenvalue weighted by Gasteiger charge is 2.27. The summed E-state index contributed by atoms with van der Waals surface area (Å²) in [5, 5.41) is 0. The lowest BCUT2D eigenvalue weighted by atomic mass is 9.96. The summed E-state index contributed by atoms with van der Waals surface area (Å²) in [7, 11) is 0. The van der Waals surface area contributed by atoms with Crippen LogP contribution < -0.4 is 0 Å². The molecule has 0 spiro atoms. The van der Waals surface area contributed by atoms with E-state index in [1.165, 1.54) is 0 Å². The number of nitrogens with one attached hydrogen (secondary N) is 1. The van der Waals surface area contributed by atoms with Gasteiger partial charge in [-0.2, -0.15) is 0 Å². The first-order chi connectivity index (χ1) is 13.1. The van der Waals surface area contributed by atoms with E-state index in [1.54, 1.807) is 0 Å². The predicted octanol–water partition coefficient (Wildman–Crippen LogP) is 5.16. The van der Waals surface area contributed by atoms with Gasteiger partial charge < -0.3 is 14.5 Å². The molecule has 2 heterocycles. The summed E-state index contributed by atoms with van der Waals surface area (Å²) in [6.07, 6.45) is 3.52. The van der Waals surface area contributed by atoms with Crippen LogP contribution in [0.25, 0.3) is 28.6 Å². The molecule has 4 nitrogen and oxygen atoms in total. The molecule has 1 fully saturated rings. The highest BCUT2D eigenvalue weighted by Crippen LogP contribution is 2.30. The van der Waals surface area contributed by atoms with Gasteiger partial charge in [-0.05, 0) is 12.2 Å². The Kier molecular flexibility index (Phi) is 4.92. The highest BCUT2D eigenvalue weighted by molar-refractivity contribution is 5.79. The monoisotopic (exact) mass is 360 g/mol. The Morgan fingerprint density at radius 1 is 0.926 bits per heavy atom. The van der Waals surface area contributed by atoms with Gasteiger partial charge in [0.25, 0.3) is 0 Å². The van der Waals surface area contributed by atoms with E-state index in [1.807, 2.05) is 48.6 Å². The molecular weight excluding hydrogens is 336 g/mol. The molecule has 1 aliphatic rings. The maximum absolute atomic E-state index is 5.77. The lowest BCUT2D eigenvalue weighted by molar-refractivity contribution is -0.197. The molecular formula is C23H24N2O2. The summed E-state index contributed by atoms with van der Waals surface area (Å²) in [5.41, 5.74) is 4.20. The number of rotatable bonds is 4. The molecule has 0 atom stereocenters. The first-order valence-corrected chi connectivity index (χ1v) is 9.23. The lowest BCUT2D eigenvalue weighted by Gasteiger charge is -2.33. The van der Waals surface area contributed by atoms with Crippen LogP contribution in [0.15, 0.2) is 66.7 Å². The van der Waals surface area contributed by atoms with E-state index >= 15 is 0 Å². The molecule has 0 aliphatic carbocycles. The summed E-state index contributed by atoms with van der Waals surface area (Å²) in [6, 6.07) is 20.5. The van der Waals surface area contributed by atoms with Crippen molar-refractivity contribution in [3.63, 3.8) is 0 Å². The van der Waals surface area contributed by atoms with E-state index in [-0.39, 0.29) is 11.7 Å². The van der Waals surface area contributed by atoms with E-state index < -0.39 is 0 Å². The van der Waals surface area contributed by atoms with Gasteiger partial charge in [-0.25, -0.2) is 4.98 Å². The minimum Gasteiger partial charge on any atom is -0.348 e. The van der Waals surface area contributed by atoms with E-state index in [4.69, 9.17) is 14.5 Å².